The summed E-state index contributed by atoms with van der Waals surface area (Å²) in [5.41, 5.74) is 1.76. The number of piperazine rings is 1. The van der Waals surface area contributed by atoms with Crippen LogP contribution in [0.1, 0.15) is 30.1 Å². The molecule has 0 spiro atoms. The maximum absolute atomic E-state index is 12.0. The first kappa shape index (κ1) is 22.8. The average Bonchev–Trinajstić information content (AvgIpc) is 2.62. The van der Waals surface area contributed by atoms with E-state index in [0.717, 1.165) is 44.7 Å². The van der Waals surface area contributed by atoms with Gasteiger partial charge < -0.3 is 19.6 Å². The summed E-state index contributed by atoms with van der Waals surface area (Å²) in [4.78, 5) is 25.5. The minimum absolute atomic E-state index is 0.213. The van der Waals surface area contributed by atoms with Crippen LogP contribution in [0, 0.1) is 0 Å². The van der Waals surface area contributed by atoms with Crippen LogP contribution in [0.25, 0.3) is 0 Å². The zero-order valence-corrected chi connectivity index (χ0v) is 15.5. The van der Waals surface area contributed by atoms with Gasteiger partial charge in [0.2, 0.25) is 0 Å². The van der Waals surface area contributed by atoms with Crippen molar-refractivity contribution in [2.75, 3.05) is 44.7 Å². The Bertz CT molecular complexity index is 615. The van der Waals surface area contributed by atoms with E-state index in [2.05, 4.69) is 29.8 Å². The maximum Gasteiger partial charge on any atom is 0.490 e. The molecule has 1 saturated heterocycles. The first-order valence-corrected chi connectivity index (χ1v) is 8.66. The number of carboxylic acids is 1. The molecule has 2 rings (SSSR count). The van der Waals surface area contributed by atoms with E-state index >= 15 is 0 Å². The van der Waals surface area contributed by atoms with E-state index in [4.69, 9.17) is 14.6 Å². The van der Waals surface area contributed by atoms with E-state index in [0.29, 0.717) is 12.2 Å². The quantitative estimate of drug-likeness (QED) is 0.616. The third-order valence-corrected chi connectivity index (χ3v) is 3.92. The van der Waals surface area contributed by atoms with Gasteiger partial charge in [-0.2, -0.15) is 13.2 Å². The molecule has 0 atom stereocenters. The average molecular weight is 390 g/mol. The van der Waals surface area contributed by atoms with E-state index < -0.39 is 12.1 Å². The number of halogens is 3. The predicted molar refractivity (Wildman–Crippen MR) is 95.0 cm³/mol. The highest BCUT2D eigenvalue weighted by molar-refractivity contribution is 5.90. The van der Waals surface area contributed by atoms with Crippen LogP contribution in [-0.2, 0) is 9.53 Å². The largest absolute Gasteiger partial charge is 0.490 e. The van der Waals surface area contributed by atoms with Crippen molar-refractivity contribution in [3.63, 3.8) is 0 Å². The number of esters is 1. The fourth-order valence-corrected chi connectivity index (χ4v) is 2.29. The summed E-state index contributed by atoms with van der Waals surface area (Å²) in [6.07, 6.45) is -3.13. The summed E-state index contributed by atoms with van der Waals surface area (Å²) >= 11 is 0. The third-order valence-electron chi connectivity index (χ3n) is 3.92. The number of unbranched alkanes of at least 4 members (excludes halogenated alkanes) is 1. The number of alkyl halides is 3. The van der Waals surface area contributed by atoms with Crippen LogP contribution in [0.3, 0.4) is 0 Å². The van der Waals surface area contributed by atoms with E-state index in [9.17, 15) is 18.0 Å². The highest BCUT2D eigenvalue weighted by atomic mass is 19.4. The number of ether oxygens (including phenoxy) is 1. The monoisotopic (exact) mass is 390 g/mol. The molecular weight excluding hydrogens is 365 g/mol. The summed E-state index contributed by atoms with van der Waals surface area (Å²) < 4.78 is 37.0. The Morgan fingerprint density at radius 2 is 1.78 bits per heavy atom. The standard InChI is InChI=1S/C16H24N2O2.C2HF3O2/c1-3-4-12-20-16(19)14-6-5-7-15(13-14)18-10-8-17(2)9-11-18;3-2(4,5)1(6)7/h5-7,13H,3-4,8-12H2,1-2H3;(H,6,7). The Balaban J connectivity index is 0.000000445. The van der Waals surface area contributed by atoms with Gasteiger partial charge >= 0.3 is 18.1 Å². The number of rotatable bonds is 5. The molecule has 1 fully saturated rings. The van der Waals surface area contributed by atoms with Gasteiger partial charge in [0.05, 0.1) is 12.2 Å². The summed E-state index contributed by atoms with van der Waals surface area (Å²) in [5, 5.41) is 7.12. The van der Waals surface area contributed by atoms with Crippen molar-refractivity contribution in [1.29, 1.82) is 0 Å². The van der Waals surface area contributed by atoms with Crippen molar-refractivity contribution in [3.05, 3.63) is 29.8 Å². The third kappa shape index (κ3) is 8.29. The summed E-state index contributed by atoms with van der Waals surface area (Å²) in [6, 6.07) is 7.77. The molecule has 0 radical (unpaired) electrons. The number of carbonyl (C=O) groups excluding carboxylic acids is 1. The number of hydrogen-bond donors (Lipinski definition) is 1. The molecule has 0 saturated carbocycles. The van der Waals surface area contributed by atoms with Crippen LogP contribution in [0.5, 0.6) is 0 Å². The minimum atomic E-state index is -5.08. The van der Waals surface area contributed by atoms with Gasteiger partial charge in [-0.25, -0.2) is 9.59 Å². The minimum Gasteiger partial charge on any atom is -0.475 e. The van der Waals surface area contributed by atoms with Crippen LogP contribution in [0.4, 0.5) is 18.9 Å². The molecule has 152 valence electrons. The second-order valence-corrected chi connectivity index (χ2v) is 6.13. The van der Waals surface area contributed by atoms with Crippen molar-refractivity contribution in [3.8, 4) is 0 Å². The molecule has 0 bridgehead atoms. The van der Waals surface area contributed by atoms with E-state index in [1.165, 1.54) is 0 Å². The van der Waals surface area contributed by atoms with Gasteiger partial charge in [0, 0.05) is 31.9 Å². The second kappa shape index (κ2) is 10.8. The topological polar surface area (TPSA) is 70.1 Å². The fourth-order valence-electron chi connectivity index (χ4n) is 2.29. The van der Waals surface area contributed by atoms with Crippen LogP contribution < -0.4 is 4.90 Å². The molecule has 27 heavy (non-hydrogen) atoms. The van der Waals surface area contributed by atoms with Gasteiger partial charge in [-0.3, -0.25) is 0 Å². The molecule has 0 amide bonds. The first-order valence-electron chi connectivity index (χ1n) is 8.66. The highest BCUT2D eigenvalue weighted by Gasteiger charge is 2.38. The van der Waals surface area contributed by atoms with Crippen LogP contribution in [-0.4, -0.2) is 68.0 Å². The number of aliphatic carboxylic acids is 1. The lowest BCUT2D eigenvalue weighted by Crippen LogP contribution is -2.44. The lowest BCUT2D eigenvalue weighted by Gasteiger charge is -2.34. The fraction of sp³-hybridized carbons (Fsp3) is 0.556. The zero-order chi connectivity index (χ0) is 20.4. The van der Waals surface area contributed by atoms with E-state index in [-0.39, 0.29) is 5.97 Å². The summed E-state index contributed by atoms with van der Waals surface area (Å²) in [5.74, 6) is -2.97. The van der Waals surface area contributed by atoms with E-state index in [1.54, 1.807) is 0 Å². The number of nitrogens with zero attached hydrogens (tertiary/aromatic N) is 2. The van der Waals surface area contributed by atoms with Crippen LogP contribution >= 0.6 is 0 Å². The van der Waals surface area contributed by atoms with Crippen LogP contribution in [0.2, 0.25) is 0 Å². The number of anilines is 1. The van der Waals surface area contributed by atoms with Gasteiger partial charge in [0.25, 0.3) is 0 Å². The van der Waals surface area contributed by atoms with Gasteiger partial charge in [-0.1, -0.05) is 19.4 Å². The number of hydrogen-bond acceptors (Lipinski definition) is 5. The Kier molecular flexibility index (Phi) is 9.07. The van der Waals surface area contributed by atoms with Gasteiger partial charge in [0.1, 0.15) is 0 Å². The Hall–Kier alpha value is -2.29. The number of carboxylic acid groups (broad SMARTS) is 1. The molecule has 0 unspecified atom stereocenters. The van der Waals surface area contributed by atoms with Crippen LogP contribution in [0.15, 0.2) is 24.3 Å². The predicted octanol–water partition coefficient (Wildman–Crippen LogP) is 3.03. The van der Waals surface area contributed by atoms with Crippen molar-refractivity contribution in [1.82, 2.24) is 4.90 Å². The van der Waals surface area contributed by atoms with Crippen molar-refractivity contribution < 1.29 is 32.6 Å². The van der Waals surface area contributed by atoms with E-state index in [1.807, 2.05) is 18.2 Å². The Morgan fingerprint density at radius 1 is 1.19 bits per heavy atom. The number of benzene rings is 1. The molecule has 0 aromatic heterocycles. The molecule has 1 aliphatic heterocycles. The zero-order valence-electron chi connectivity index (χ0n) is 15.5. The molecular formula is C18H25F3N2O4. The summed E-state index contributed by atoms with van der Waals surface area (Å²) in [7, 11) is 2.14. The number of carbonyl (C=O) groups is 2. The molecule has 1 aromatic carbocycles. The van der Waals surface area contributed by atoms with Gasteiger partial charge in [-0.05, 0) is 31.7 Å². The molecule has 1 N–H and O–H groups in total. The first-order chi connectivity index (χ1) is 12.6. The molecule has 0 aliphatic carbocycles. The molecule has 1 aromatic rings. The lowest BCUT2D eigenvalue weighted by molar-refractivity contribution is -0.192. The Morgan fingerprint density at radius 3 is 2.30 bits per heavy atom. The van der Waals surface area contributed by atoms with Crippen molar-refractivity contribution >= 4 is 17.6 Å². The molecule has 9 heteroatoms. The molecule has 6 nitrogen and oxygen atoms in total. The summed E-state index contributed by atoms with van der Waals surface area (Å²) in [6.45, 7) is 6.72. The van der Waals surface area contributed by atoms with Crippen molar-refractivity contribution in [2.24, 2.45) is 0 Å². The SMILES string of the molecule is CCCCOC(=O)c1cccc(N2CCN(C)CC2)c1.O=C(O)C(F)(F)F. The number of likely N-dealkylation sites (N-methyl/N-ethyl adjacent to an activating group) is 1. The maximum atomic E-state index is 12.0. The molecule has 1 aliphatic rings. The Labute approximate surface area is 156 Å². The lowest BCUT2D eigenvalue weighted by atomic mass is 10.1. The van der Waals surface area contributed by atoms with Gasteiger partial charge in [-0.15, -0.1) is 0 Å². The smallest absolute Gasteiger partial charge is 0.475 e. The second-order valence-electron chi connectivity index (χ2n) is 6.13. The van der Waals surface area contributed by atoms with Gasteiger partial charge in [0.15, 0.2) is 0 Å². The van der Waals surface area contributed by atoms with Crippen molar-refractivity contribution in [2.45, 2.75) is 25.9 Å². The normalized spacial score (nSPS) is 14.9. The highest BCUT2D eigenvalue weighted by Crippen LogP contribution is 2.18. The molecule has 1 heterocycles.